The lowest BCUT2D eigenvalue weighted by atomic mass is 10.1. The summed E-state index contributed by atoms with van der Waals surface area (Å²) < 4.78 is 13.4. The molecule has 3 nitrogen and oxygen atoms in total. The van der Waals surface area contributed by atoms with Gasteiger partial charge in [0.15, 0.2) is 0 Å². The van der Waals surface area contributed by atoms with Gasteiger partial charge in [0.05, 0.1) is 17.6 Å². The molecule has 0 spiro atoms. The first-order chi connectivity index (χ1) is 9.15. The van der Waals surface area contributed by atoms with Crippen molar-refractivity contribution in [2.45, 2.75) is 19.4 Å². The van der Waals surface area contributed by atoms with E-state index in [2.05, 4.69) is 9.88 Å². The van der Waals surface area contributed by atoms with Crippen LogP contribution >= 0.6 is 0 Å². The lowest BCUT2D eigenvalue weighted by Crippen LogP contribution is -2.14. The van der Waals surface area contributed by atoms with Gasteiger partial charge in [-0.1, -0.05) is 6.07 Å². The lowest BCUT2D eigenvalue weighted by Gasteiger charge is -2.19. The maximum atomic E-state index is 13.4. The van der Waals surface area contributed by atoms with E-state index in [9.17, 15) is 4.39 Å². The SMILES string of the molecule is C[C@@H](N)c1ccc(N2CCc3ccc(F)cc32)cn1. The molecule has 4 heteroatoms. The normalized spacial score (nSPS) is 15.4. The molecule has 2 N–H and O–H groups in total. The summed E-state index contributed by atoms with van der Waals surface area (Å²) in [6.07, 6.45) is 2.74. The van der Waals surface area contributed by atoms with Gasteiger partial charge in [0.2, 0.25) is 0 Å². The van der Waals surface area contributed by atoms with E-state index in [4.69, 9.17) is 5.73 Å². The Labute approximate surface area is 111 Å². The van der Waals surface area contributed by atoms with E-state index in [1.807, 2.05) is 25.1 Å². The zero-order valence-corrected chi connectivity index (χ0v) is 10.8. The first-order valence-corrected chi connectivity index (χ1v) is 6.42. The number of nitrogens with zero attached hydrogens (tertiary/aromatic N) is 2. The number of anilines is 2. The van der Waals surface area contributed by atoms with Crippen molar-refractivity contribution in [2.75, 3.05) is 11.4 Å². The quantitative estimate of drug-likeness (QED) is 0.899. The third-order valence-electron chi connectivity index (χ3n) is 3.49. The number of nitrogens with two attached hydrogens (primary N) is 1. The van der Waals surface area contributed by atoms with Crippen LogP contribution in [0.1, 0.15) is 24.2 Å². The van der Waals surface area contributed by atoms with Crippen molar-refractivity contribution in [1.82, 2.24) is 4.98 Å². The van der Waals surface area contributed by atoms with Gasteiger partial charge in [-0.3, -0.25) is 4.98 Å². The van der Waals surface area contributed by atoms with Crippen molar-refractivity contribution in [1.29, 1.82) is 0 Å². The van der Waals surface area contributed by atoms with E-state index in [0.717, 1.165) is 30.0 Å². The molecular weight excluding hydrogens is 241 g/mol. The monoisotopic (exact) mass is 257 g/mol. The van der Waals surface area contributed by atoms with Gasteiger partial charge < -0.3 is 10.6 Å². The lowest BCUT2D eigenvalue weighted by molar-refractivity contribution is 0.628. The fourth-order valence-electron chi connectivity index (χ4n) is 2.45. The number of benzene rings is 1. The molecule has 0 saturated carbocycles. The average Bonchev–Trinajstić information content (AvgIpc) is 2.81. The highest BCUT2D eigenvalue weighted by Crippen LogP contribution is 2.34. The first-order valence-electron chi connectivity index (χ1n) is 6.42. The van der Waals surface area contributed by atoms with Crippen LogP contribution in [0.15, 0.2) is 36.5 Å². The van der Waals surface area contributed by atoms with Gasteiger partial charge in [-0.2, -0.15) is 0 Å². The Morgan fingerprint density at radius 1 is 1.32 bits per heavy atom. The van der Waals surface area contributed by atoms with Crippen molar-refractivity contribution in [3.8, 4) is 0 Å². The van der Waals surface area contributed by atoms with Crippen LogP contribution < -0.4 is 10.6 Å². The topological polar surface area (TPSA) is 42.1 Å². The Kier molecular flexibility index (Phi) is 2.95. The van der Waals surface area contributed by atoms with E-state index >= 15 is 0 Å². The largest absolute Gasteiger partial charge is 0.340 e. The zero-order chi connectivity index (χ0) is 13.4. The molecule has 0 amide bonds. The van der Waals surface area contributed by atoms with Crippen molar-refractivity contribution < 1.29 is 4.39 Å². The van der Waals surface area contributed by atoms with E-state index in [1.165, 1.54) is 11.6 Å². The average molecular weight is 257 g/mol. The third-order valence-corrected chi connectivity index (χ3v) is 3.49. The minimum Gasteiger partial charge on any atom is -0.340 e. The van der Waals surface area contributed by atoms with Crippen LogP contribution in [0.25, 0.3) is 0 Å². The number of fused-ring (bicyclic) bond motifs is 1. The number of hydrogen-bond donors (Lipinski definition) is 1. The summed E-state index contributed by atoms with van der Waals surface area (Å²) in [4.78, 5) is 6.45. The molecule has 1 aromatic carbocycles. The minimum absolute atomic E-state index is 0.0719. The predicted molar refractivity (Wildman–Crippen MR) is 73.9 cm³/mol. The van der Waals surface area contributed by atoms with Crippen molar-refractivity contribution in [3.05, 3.63) is 53.6 Å². The summed E-state index contributed by atoms with van der Waals surface area (Å²) in [7, 11) is 0. The molecule has 1 aliphatic heterocycles. The molecule has 3 rings (SSSR count). The van der Waals surface area contributed by atoms with E-state index in [1.54, 1.807) is 12.3 Å². The Morgan fingerprint density at radius 2 is 2.16 bits per heavy atom. The van der Waals surface area contributed by atoms with Crippen LogP contribution in [0.4, 0.5) is 15.8 Å². The van der Waals surface area contributed by atoms with Crippen LogP contribution in [0.3, 0.4) is 0 Å². The number of aromatic nitrogens is 1. The summed E-state index contributed by atoms with van der Waals surface area (Å²) in [6.45, 7) is 2.76. The molecule has 0 unspecified atom stereocenters. The third kappa shape index (κ3) is 2.19. The summed E-state index contributed by atoms with van der Waals surface area (Å²) in [6, 6.07) is 8.80. The van der Waals surface area contributed by atoms with Crippen LogP contribution in [0, 0.1) is 5.82 Å². The summed E-state index contributed by atoms with van der Waals surface area (Å²) in [5.41, 5.74) is 9.75. The fraction of sp³-hybridized carbons (Fsp3) is 0.267. The second-order valence-corrected chi connectivity index (χ2v) is 4.90. The molecule has 1 aliphatic rings. The predicted octanol–water partition coefficient (Wildman–Crippen LogP) is 2.93. The Bertz CT molecular complexity index is 593. The molecule has 0 bridgehead atoms. The van der Waals surface area contributed by atoms with Crippen molar-refractivity contribution >= 4 is 11.4 Å². The molecule has 1 atom stereocenters. The van der Waals surface area contributed by atoms with Crippen LogP contribution in [-0.4, -0.2) is 11.5 Å². The maximum Gasteiger partial charge on any atom is 0.125 e. The Balaban J connectivity index is 1.95. The highest BCUT2D eigenvalue weighted by atomic mass is 19.1. The number of hydrogen-bond acceptors (Lipinski definition) is 3. The number of rotatable bonds is 2. The maximum absolute atomic E-state index is 13.4. The summed E-state index contributed by atoms with van der Waals surface area (Å²) in [5, 5.41) is 0. The molecule has 1 aromatic heterocycles. The second kappa shape index (κ2) is 4.63. The molecule has 2 heterocycles. The van der Waals surface area contributed by atoms with Gasteiger partial charge in [-0.15, -0.1) is 0 Å². The minimum atomic E-state index is -0.203. The molecular formula is C15H16FN3. The highest BCUT2D eigenvalue weighted by molar-refractivity contribution is 5.69. The standard InChI is InChI=1S/C15H16FN3/c1-10(17)14-5-4-13(9-18-14)19-7-6-11-2-3-12(16)8-15(11)19/h2-5,8-10H,6-7,17H2,1H3/t10-/m1/s1. The first kappa shape index (κ1) is 12.1. The molecule has 2 aromatic rings. The molecule has 98 valence electrons. The zero-order valence-electron chi connectivity index (χ0n) is 10.8. The highest BCUT2D eigenvalue weighted by Gasteiger charge is 2.21. The Hall–Kier alpha value is -1.94. The smallest absolute Gasteiger partial charge is 0.125 e. The molecule has 0 saturated heterocycles. The Morgan fingerprint density at radius 3 is 2.84 bits per heavy atom. The van der Waals surface area contributed by atoms with Crippen LogP contribution in [0.2, 0.25) is 0 Å². The van der Waals surface area contributed by atoms with Gasteiger partial charge in [-0.25, -0.2) is 4.39 Å². The second-order valence-electron chi connectivity index (χ2n) is 4.90. The van der Waals surface area contributed by atoms with Gasteiger partial charge >= 0.3 is 0 Å². The summed E-state index contributed by atoms with van der Waals surface area (Å²) in [5.74, 6) is -0.203. The summed E-state index contributed by atoms with van der Waals surface area (Å²) >= 11 is 0. The number of halogens is 1. The van der Waals surface area contributed by atoms with E-state index in [0.29, 0.717) is 0 Å². The van der Waals surface area contributed by atoms with Gasteiger partial charge in [0.25, 0.3) is 0 Å². The van der Waals surface area contributed by atoms with E-state index < -0.39 is 0 Å². The fourth-order valence-corrected chi connectivity index (χ4v) is 2.45. The van der Waals surface area contributed by atoms with Gasteiger partial charge in [0.1, 0.15) is 5.82 Å². The van der Waals surface area contributed by atoms with Gasteiger partial charge in [-0.05, 0) is 43.2 Å². The van der Waals surface area contributed by atoms with Gasteiger partial charge in [0, 0.05) is 18.3 Å². The molecule has 0 aliphatic carbocycles. The van der Waals surface area contributed by atoms with Crippen LogP contribution in [-0.2, 0) is 6.42 Å². The van der Waals surface area contributed by atoms with E-state index in [-0.39, 0.29) is 11.9 Å². The molecule has 19 heavy (non-hydrogen) atoms. The molecule has 0 radical (unpaired) electrons. The molecule has 0 fully saturated rings. The van der Waals surface area contributed by atoms with Crippen molar-refractivity contribution in [2.24, 2.45) is 5.73 Å². The van der Waals surface area contributed by atoms with Crippen molar-refractivity contribution in [3.63, 3.8) is 0 Å². The van der Waals surface area contributed by atoms with Crippen LogP contribution in [0.5, 0.6) is 0 Å². The number of pyridine rings is 1.